The van der Waals surface area contributed by atoms with E-state index in [1.165, 1.54) is 26.2 Å². The van der Waals surface area contributed by atoms with E-state index in [0.29, 0.717) is 22.1 Å². The molecule has 0 spiro atoms. The third-order valence-electron chi connectivity index (χ3n) is 1.66. The zero-order valence-corrected chi connectivity index (χ0v) is 9.83. The minimum Gasteiger partial charge on any atom is -0.493 e. The molecule has 4 nitrogen and oxygen atoms in total. The van der Waals surface area contributed by atoms with Gasteiger partial charge in [0.1, 0.15) is 0 Å². The lowest BCUT2D eigenvalue weighted by Gasteiger charge is -2.09. The maximum Gasteiger partial charge on any atom is 0.308 e. The van der Waals surface area contributed by atoms with E-state index in [1.807, 2.05) is 0 Å². The molecule has 0 aliphatic carbocycles. The first kappa shape index (κ1) is 11.7. The molecule has 0 saturated carbocycles. The third kappa shape index (κ3) is 2.79. The normalized spacial score (nSPS) is 9.53. The van der Waals surface area contributed by atoms with Crippen LogP contribution in [-0.2, 0) is 4.79 Å². The van der Waals surface area contributed by atoms with E-state index in [0.717, 1.165) is 0 Å². The SMILES string of the molecule is COc1cc(C=O)c(Br)cc1OC(C)=O. The molecule has 0 radical (unpaired) electrons. The molecule has 0 N–H and O–H groups in total. The molecule has 1 aromatic carbocycles. The van der Waals surface area contributed by atoms with Gasteiger partial charge in [0.2, 0.25) is 0 Å². The Kier molecular flexibility index (Phi) is 3.85. The number of halogens is 1. The van der Waals surface area contributed by atoms with Crippen LogP contribution in [0.25, 0.3) is 0 Å². The maximum absolute atomic E-state index is 10.8. The lowest BCUT2D eigenvalue weighted by atomic mass is 10.2. The van der Waals surface area contributed by atoms with Gasteiger partial charge in [0.05, 0.1) is 7.11 Å². The Morgan fingerprint density at radius 1 is 1.40 bits per heavy atom. The van der Waals surface area contributed by atoms with Crippen molar-refractivity contribution < 1.29 is 19.1 Å². The molecule has 0 aliphatic heterocycles. The van der Waals surface area contributed by atoms with Crippen LogP contribution in [0.1, 0.15) is 17.3 Å². The first-order valence-electron chi connectivity index (χ1n) is 4.09. The zero-order chi connectivity index (χ0) is 11.4. The van der Waals surface area contributed by atoms with Crippen molar-refractivity contribution in [3.8, 4) is 11.5 Å². The van der Waals surface area contributed by atoms with Crippen LogP contribution in [0.15, 0.2) is 16.6 Å². The molecule has 1 aromatic rings. The monoisotopic (exact) mass is 272 g/mol. The molecule has 80 valence electrons. The van der Waals surface area contributed by atoms with E-state index in [1.54, 1.807) is 0 Å². The zero-order valence-electron chi connectivity index (χ0n) is 8.24. The number of hydrogen-bond acceptors (Lipinski definition) is 4. The van der Waals surface area contributed by atoms with Crippen LogP contribution in [0.3, 0.4) is 0 Å². The smallest absolute Gasteiger partial charge is 0.308 e. The molecule has 0 saturated heterocycles. The molecule has 15 heavy (non-hydrogen) atoms. The Morgan fingerprint density at radius 3 is 2.53 bits per heavy atom. The van der Waals surface area contributed by atoms with Crippen molar-refractivity contribution >= 4 is 28.2 Å². The van der Waals surface area contributed by atoms with Gasteiger partial charge in [-0.15, -0.1) is 0 Å². The van der Waals surface area contributed by atoms with E-state index < -0.39 is 5.97 Å². The van der Waals surface area contributed by atoms with Crippen LogP contribution in [-0.4, -0.2) is 19.4 Å². The topological polar surface area (TPSA) is 52.6 Å². The van der Waals surface area contributed by atoms with Crippen LogP contribution >= 0.6 is 15.9 Å². The summed E-state index contributed by atoms with van der Waals surface area (Å²) < 4.78 is 10.4. The van der Waals surface area contributed by atoms with Crippen LogP contribution in [0.2, 0.25) is 0 Å². The van der Waals surface area contributed by atoms with Crippen molar-refractivity contribution in [3.63, 3.8) is 0 Å². The van der Waals surface area contributed by atoms with Gasteiger partial charge in [0.15, 0.2) is 17.8 Å². The van der Waals surface area contributed by atoms with Crippen LogP contribution in [0.5, 0.6) is 11.5 Å². The number of aldehydes is 1. The lowest BCUT2D eigenvalue weighted by Crippen LogP contribution is -2.03. The first-order chi connectivity index (χ1) is 7.08. The number of carbonyl (C=O) groups excluding carboxylic acids is 2. The Bertz CT molecular complexity index is 401. The largest absolute Gasteiger partial charge is 0.493 e. The number of esters is 1. The van der Waals surface area contributed by atoms with Gasteiger partial charge in [-0.2, -0.15) is 0 Å². The third-order valence-corrected chi connectivity index (χ3v) is 2.35. The summed E-state index contributed by atoms with van der Waals surface area (Å²) in [6.07, 6.45) is 0.685. The molecule has 0 aliphatic rings. The average Bonchev–Trinajstić information content (AvgIpc) is 2.17. The molecular formula is C10H9BrO4. The number of methoxy groups -OCH3 is 1. The Labute approximate surface area is 95.3 Å². The predicted octanol–water partition coefficient (Wildman–Crippen LogP) is 2.20. The van der Waals surface area contributed by atoms with Gasteiger partial charge in [-0.05, 0) is 28.1 Å². The van der Waals surface area contributed by atoms with Crippen molar-refractivity contribution in [2.45, 2.75) is 6.92 Å². The van der Waals surface area contributed by atoms with E-state index in [9.17, 15) is 9.59 Å². The van der Waals surface area contributed by atoms with Gasteiger partial charge < -0.3 is 9.47 Å². The van der Waals surface area contributed by atoms with Gasteiger partial charge in [-0.1, -0.05) is 0 Å². The second-order valence-electron chi connectivity index (χ2n) is 2.74. The highest BCUT2D eigenvalue weighted by atomic mass is 79.9. The van der Waals surface area contributed by atoms with Crippen LogP contribution < -0.4 is 9.47 Å². The van der Waals surface area contributed by atoms with Crippen molar-refractivity contribution in [3.05, 3.63) is 22.2 Å². The average molecular weight is 273 g/mol. The summed E-state index contributed by atoms with van der Waals surface area (Å²) in [6, 6.07) is 3.01. The van der Waals surface area contributed by atoms with E-state index in [-0.39, 0.29) is 5.75 Å². The second kappa shape index (κ2) is 4.93. The van der Waals surface area contributed by atoms with Gasteiger partial charge in [0, 0.05) is 17.0 Å². The number of carbonyl (C=O) groups is 2. The van der Waals surface area contributed by atoms with Gasteiger partial charge in [-0.3, -0.25) is 9.59 Å². The Hall–Kier alpha value is -1.36. The lowest BCUT2D eigenvalue weighted by molar-refractivity contribution is -0.132. The van der Waals surface area contributed by atoms with Gasteiger partial charge in [-0.25, -0.2) is 0 Å². The Morgan fingerprint density at radius 2 is 2.07 bits per heavy atom. The highest BCUT2D eigenvalue weighted by Crippen LogP contribution is 2.32. The summed E-state index contributed by atoms with van der Waals surface area (Å²) in [5.41, 5.74) is 0.433. The fraction of sp³-hybridized carbons (Fsp3) is 0.200. The summed E-state index contributed by atoms with van der Waals surface area (Å²) in [4.78, 5) is 21.4. The fourth-order valence-electron chi connectivity index (χ4n) is 1.04. The second-order valence-corrected chi connectivity index (χ2v) is 3.59. The van der Waals surface area contributed by atoms with E-state index in [4.69, 9.17) is 9.47 Å². The summed E-state index contributed by atoms with van der Waals surface area (Å²) >= 11 is 3.18. The quantitative estimate of drug-likeness (QED) is 0.481. The first-order valence-corrected chi connectivity index (χ1v) is 4.89. The molecule has 0 unspecified atom stereocenters. The van der Waals surface area contributed by atoms with Crippen molar-refractivity contribution in [1.29, 1.82) is 0 Å². The minimum absolute atomic E-state index is 0.280. The Balaban J connectivity index is 3.20. The predicted molar refractivity (Wildman–Crippen MR) is 57.4 cm³/mol. The molecule has 1 rings (SSSR count). The van der Waals surface area contributed by atoms with Crippen LogP contribution in [0, 0.1) is 0 Å². The van der Waals surface area contributed by atoms with Crippen LogP contribution in [0.4, 0.5) is 0 Å². The summed E-state index contributed by atoms with van der Waals surface area (Å²) in [6.45, 7) is 1.29. The van der Waals surface area contributed by atoms with E-state index >= 15 is 0 Å². The molecule has 5 heteroatoms. The summed E-state index contributed by atoms with van der Waals surface area (Å²) in [5.74, 6) is 0.178. The number of rotatable bonds is 3. The van der Waals surface area contributed by atoms with E-state index in [2.05, 4.69) is 15.9 Å². The molecule has 0 heterocycles. The van der Waals surface area contributed by atoms with Crippen molar-refractivity contribution in [1.82, 2.24) is 0 Å². The van der Waals surface area contributed by atoms with Crippen molar-refractivity contribution in [2.24, 2.45) is 0 Å². The molecule has 0 atom stereocenters. The highest BCUT2D eigenvalue weighted by molar-refractivity contribution is 9.10. The molecule has 0 fully saturated rings. The molecular weight excluding hydrogens is 264 g/mol. The summed E-state index contributed by atoms with van der Waals surface area (Å²) in [5, 5.41) is 0. The molecule has 0 amide bonds. The van der Waals surface area contributed by atoms with Gasteiger partial charge in [0.25, 0.3) is 0 Å². The summed E-state index contributed by atoms with van der Waals surface area (Å²) in [7, 11) is 1.44. The highest BCUT2D eigenvalue weighted by Gasteiger charge is 2.11. The number of hydrogen-bond donors (Lipinski definition) is 0. The van der Waals surface area contributed by atoms with Crippen molar-refractivity contribution in [2.75, 3.05) is 7.11 Å². The number of benzene rings is 1. The molecule has 0 bridgehead atoms. The fourth-order valence-corrected chi connectivity index (χ4v) is 1.45. The maximum atomic E-state index is 10.8. The number of ether oxygens (including phenoxy) is 2. The van der Waals surface area contributed by atoms with Gasteiger partial charge >= 0.3 is 5.97 Å². The standard InChI is InChI=1S/C10H9BrO4/c1-6(13)15-10-4-8(11)7(5-12)3-9(10)14-2/h3-5H,1-2H3. The minimum atomic E-state index is -0.445. The molecule has 0 aromatic heterocycles.